The summed E-state index contributed by atoms with van der Waals surface area (Å²) in [5, 5.41) is 9.98. The van der Waals surface area contributed by atoms with Gasteiger partial charge in [0, 0.05) is 17.8 Å². The van der Waals surface area contributed by atoms with Crippen molar-refractivity contribution in [3.8, 4) is 12.3 Å². The number of ketones is 1. The highest BCUT2D eigenvalue weighted by Crippen LogP contribution is 2.32. The molecule has 0 spiro atoms. The maximum Gasteiger partial charge on any atom is 0.141 e. The van der Waals surface area contributed by atoms with Crippen LogP contribution < -0.4 is 0 Å². The van der Waals surface area contributed by atoms with E-state index >= 15 is 0 Å². The molecule has 0 amide bonds. The maximum absolute atomic E-state index is 12.8. The summed E-state index contributed by atoms with van der Waals surface area (Å²) < 4.78 is 5.18. The van der Waals surface area contributed by atoms with Gasteiger partial charge in [-0.2, -0.15) is 0 Å². The Morgan fingerprint density at radius 3 is 2.29 bits per heavy atom. The van der Waals surface area contributed by atoms with Gasteiger partial charge in [-0.15, -0.1) is 6.42 Å². The van der Waals surface area contributed by atoms with Gasteiger partial charge in [0.15, 0.2) is 0 Å². The fourth-order valence-electron chi connectivity index (χ4n) is 2.73. The average molecular weight is 358 g/mol. The maximum atomic E-state index is 12.8. The number of hydrogen-bond donors (Lipinski definition) is 1. The Labute approximate surface area is 152 Å². The van der Waals surface area contributed by atoms with E-state index in [-0.39, 0.29) is 40.9 Å². The van der Waals surface area contributed by atoms with Crippen LogP contribution in [-0.2, 0) is 20.4 Å². The van der Waals surface area contributed by atoms with Gasteiger partial charge in [0.1, 0.15) is 30.0 Å². The first kappa shape index (κ1) is 23.5. The van der Waals surface area contributed by atoms with E-state index in [9.17, 15) is 9.90 Å². The minimum absolute atomic E-state index is 0.0683. The van der Waals surface area contributed by atoms with E-state index in [0.29, 0.717) is 11.5 Å². The van der Waals surface area contributed by atoms with Crippen LogP contribution in [0.3, 0.4) is 0 Å². The number of hydrogen-bond acceptors (Lipinski definition) is 3. The van der Waals surface area contributed by atoms with Gasteiger partial charge in [0.05, 0.1) is 12.9 Å². The van der Waals surface area contributed by atoms with Crippen LogP contribution in [0.2, 0.25) is 0 Å². The van der Waals surface area contributed by atoms with Crippen molar-refractivity contribution in [2.75, 3.05) is 31.0 Å². The van der Waals surface area contributed by atoms with Crippen molar-refractivity contribution in [3.05, 3.63) is 0 Å². The second-order valence-corrected chi connectivity index (χ2v) is 11.2. The van der Waals surface area contributed by atoms with E-state index in [1.807, 2.05) is 20.8 Å². The number of terminal acetylenes is 1. The van der Waals surface area contributed by atoms with Gasteiger partial charge in [0.2, 0.25) is 0 Å². The largest absolute Gasteiger partial charge is 0.386 e. The van der Waals surface area contributed by atoms with E-state index in [1.165, 1.54) is 0 Å². The van der Waals surface area contributed by atoms with Crippen LogP contribution in [-0.4, -0.2) is 48.0 Å². The topological polar surface area (TPSA) is 46.5 Å². The summed E-state index contributed by atoms with van der Waals surface area (Å²) >= 11 is 0. The van der Waals surface area contributed by atoms with Crippen LogP contribution in [0, 0.1) is 29.1 Å². The molecule has 0 saturated carbocycles. The number of aliphatic hydroxyl groups is 1. The van der Waals surface area contributed by atoms with Gasteiger partial charge in [-0.05, 0) is 22.7 Å². The predicted octanol–water partition coefficient (Wildman–Crippen LogP) is 3.30. The number of Topliss-reactive ketones (excluding diaryl/α,β-unsaturated/α-hetero) is 1. The molecule has 3 nitrogen and oxygen atoms in total. The first-order valence-electron chi connectivity index (χ1n) is 8.69. The lowest BCUT2D eigenvalue weighted by atomic mass is 9.75. The third kappa shape index (κ3) is 11.1. The highest BCUT2D eigenvalue weighted by molar-refractivity contribution is 7.96. The number of ether oxygens (including phenoxy) is 1. The Morgan fingerprint density at radius 2 is 1.83 bits per heavy atom. The second-order valence-electron chi connectivity index (χ2n) is 8.89. The fraction of sp³-hybridized carbons (Fsp3) is 0.850. The molecule has 0 saturated heterocycles. The molecular weight excluding hydrogens is 320 g/mol. The average Bonchev–Trinajstić information content (AvgIpc) is 2.40. The van der Waals surface area contributed by atoms with E-state index in [2.05, 4.69) is 32.9 Å². The fourth-order valence-corrected chi connectivity index (χ4v) is 4.34. The Morgan fingerprint density at radius 1 is 1.25 bits per heavy atom. The molecule has 0 fully saturated rings. The van der Waals surface area contributed by atoms with E-state index in [1.54, 1.807) is 0 Å². The lowest BCUT2D eigenvalue weighted by Gasteiger charge is -2.29. The molecule has 0 heterocycles. The Hall–Kier alpha value is -0.500. The summed E-state index contributed by atoms with van der Waals surface area (Å²) in [5.74, 6) is 4.51. The predicted molar refractivity (Wildman–Crippen MR) is 105 cm³/mol. The highest BCUT2D eigenvalue weighted by Gasteiger charge is 2.33. The standard InChI is InChI=1S/C20H37O3S/c1-9-11-23-14-17(21)15-24(8)12-10-16(13-19(2,3)4)18(22)20(5,6)7/h1,16-17,21H,10-15H2,2-8H3/q+1/t16-,17?,24?/m1/s1. The minimum atomic E-state index is -0.480. The number of carbonyl (C=O) groups is 1. The summed E-state index contributed by atoms with van der Waals surface area (Å²) in [6.45, 7) is 13.1. The zero-order valence-corrected chi connectivity index (χ0v) is 17.5. The molecular formula is C20H37O3S+. The van der Waals surface area contributed by atoms with Crippen molar-refractivity contribution >= 4 is 16.7 Å². The molecule has 1 N–H and O–H groups in total. The number of carbonyl (C=O) groups excluding carboxylic acids is 1. The zero-order valence-electron chi connectivity index (χ0n) is 16.6. The molecule has 0 radical (unpaired) electrons. The molecule has 0 aliphatic rings. The first-order chi connectivity index (χ1) is 10.9. The SMILES string of the molecule is C#CCOCC(O)C[S+](C)CC[C@H](CC(C)(C)C)C(=O)C(C)(C)C. The molecule has 0 aromatic carbocycles. The molecule has 2 unspecified atom stereocenters. The van der Waals surface area contributed by atoms with Gasteiger partial charge in [-0.3, -0.25) is 4.79 Å². The quantitative estimate of drug-likeness (QED) is 0.371. The van der Waals surface area contributed by atoms with E-state index in [0.717, 1.165) is 18.6 Å². The van der Waals surface area contributed by atoms with Gasteiger partial charge in [-0.1, -0.05) is 47.5 Å². The summed E-state index contributed by atoms with van der Waals surface area (Å²) in [6, 6.07) is 0. The molecule has 3 atom stereocenters. The van der Waals surface area contributed by atoms with Crippen LogP contribution in [0.15, 0.2) is 0 Å². The van der Waals surface area contributed by atoms with Crippen LogP contribution in [0.5, 0.6) is 0 Å². The summed E-state index contributed by atoms with van der Waals surface area (Å²) in [4.78, 5) is 12.8. The van der Waals surface area contributed by atoms with Crippen LogP contribution >= 0.6 is 0 Å². The van der Waals surface area contributed by atoms with Crippen molar-refractivity contribution < 1.29 is 14.6 Å². The minimum Gasteiger partial charge on any atom is -0.386 e. The molecule has 0 aliphatic heterocycles. The smallest absolute Gasteiger partial charge is 0.141 e. The highest BCUT2D eigenvalue weighted by atomic mass is 32.2. The molecule has 4 heteroatoms. The summed E-state index contributed by atoms with van der Waals surface area (Å²) in [6.07, 6.45) is 8.60. The Bertz CT molecular complexity index is 412. The molecule has 0 aromatic rings. The van der Waals surface area contributed by atoms with Crippen molar-refractivity contribution in [2.24, 2.45) is 16.7 Å². The van der Waals surface area contributed by atoms with Crippen molar-refractivity contribution in [2.45, 2.75) is 60.5 Å². The molecule has 0 aliphatic carbocycles. The summed E-state index contributed by atoms with van der Waals surface area (Å²) in [7, 11) is 0.0683. The molecule has 0 rings (SSSR count). The molecule has 0 aromatic heterocycles. The normalized spacial score (nSPS) is 16.3. The summed E-state index contributed by atoms with van der Waals surface area (Å²) in [5.41, 5.74) is -0.161. The third-order valence-electron chi connectivity index (χ3n) is 3.76. The van der Waals surface area contributed by atoms with E-state index in [4.69, 9.17) is 11.2 Å². The van der Waals surface area contributed by atoms with Crippen LogP contribution in [0.1, 0.15) is 54.4 Å². The van der Waals surface area contributed by atoms with Gasteiger partial charge < -0.3 is 9.84 Å². The monoisotopic (exact) mass is 357 g/mol. The Kier molecular flexibility index (Phi) is 10.3. The van der Waals surface area contributed by atoms with Gasteiger partial charge in [-0.25, -0.2) is 0 Å². The molecule has 140 valence electrons. The molecule has 0 bridgehead atoms. The van der Waals surface area contributed by atoms with Crippen LogP contribution in [0.25, 0.3) is 0 Å². The van der Waals surface area contributed by atoms with Crippen molar-refractivity contribution in [1.29, 1.82) is 0 Å². The van der Waals surface area contributed by atoms with Gasteiger partial charge in [0.25, 0.3) is 0 Å². The number of aliphatic hydroxyl groups excluding tert-OH is 1. The second kappa shape index (κ2) is 10.5. The lowest BCUT2D eigenvalue weighted by Crippen LogP contribution is -2.33. The van der Waals surface area contributed by atoms with Gasteiger partial charge >= 0.3 is 0 Å². The third-order valence-corrected chi connectivity index (χ3v) is 5.64. The van der Waals surface area contributed by atoms with Crippen LogP contribution in [0.4, 0.5) is 0 Å². The van der Waals surface area contributed by atoms with Crippen molar-refractivity contribution in [1.82, 2.24) is 0 Å². The first-order valence-corrected chi connectivity index (χ1v) is 10.7. The Balaban J connectivity index is 4.54. The van der Waals surface area contributed by atoms with Crippen molar-refractivity contribution in [3.63, 3.8) is 0 Å². The lowest BCUT2D eigenvalue weighted by molar-refractivity contribution is -0.131. The number of rotatable bonds is 10. The zero-order chi connectivity index (χ0) is 19.0. The molecule has 24 heavy (non-hydrogen) atoms. The van der Waals surface area contributed by atoms with E-state index < -0.39 is 6.10 Å².